The number of amides is 1. The summed E-state index contributed by atoms with van der Waals surface area (Å²) in [7, 11) is 0. The molecule has 0 N–H and O–H groups in total. The van der Waals surface area contributed by atoms with Crippen LogP contribution in [-0.2, 0) is 4.79 Å². The third-order valence-corrected chi connectivity index (χ3v) is 6.58. The van der Waals surface area contributed by atoms with Gasteiger partial charge in [0.05, 0.1) is 22.3 Å². The number of fused-ring (bicyclic) bond motifs is 1. The van der Waals surface area contributed by atoms with Crippen LogP contribution in [0.4, 0.5) is 0 Å². The molecule has 2 heterocycles. The van der Waals surface area contributed by atoms with E-state index in [9.17, 15) is 9.59 Å². The van der Waals surface area contributed by atoms with Crippen molar-refractivity contribution in [3.8, 4) is 5.69 Å². The van der Waals surface area contributed by atoms with E-state index >= 15 is 0 Å². The highest BCUT2D eigenvalue weighted by molar-refractivity contribution is 7.99. The first kappa shape index (κ1) is 20.7. The summed E-state index contributed by atoms with van der Waals surface area (Å²) < 4.78 is 1.65. The van der Waals surface area contributed by atoms with Gasteiger partial charge in [-0.05, 0) is 75.4 Å². The standard InChI is InChI=1S/C24H27N3O2S/c1-16-12-17(2)14-19(13-16)27-23(29)20-9-4-5-10-21(20)25-24(27)30-15-22(28)26-11-7-6-8-18(26)3/h4-5,9-10,12-14,18H,6-8,11,15H2,1-3H3. The Morgan fingerprint density at radius 1 is 1.13 bits per heavy atom. The van der Waals surface area contributed by atoms with Crippen molar-refractivity contribution in [3.63, 3.8) is 0 Å². The number of carbonyl (C=O) groups is 1. The van der Waals surface area contributed by atoms with Crippen LogP contribution >= 0.6 is 11.8 Å². The molecule has 1 amide bonds. The van der Waals surface area contributed by atoms with E-state index < -0.39 is 0 Å². The Kier molecular flexibility index (Phi) is 5.95. The number of carbonyl (C=O) groups excluding carboxylic acids is 1. The van der Waals surface area contributed by atoms with E-state index in [1.54, 1.807) is 10.6 Å². The molecule has 156 valence electrons. The van der Waals surface area contributed by atoms with Gasteiger partial charge in [-0.3, -0.25) is 14.2 Å². The van der Waals surface area contributed by atoms with Crippen molar-refractivity contribution in [1.29, 1.82) is 0 Å². The molecule has 0 radical (unpaired) electrons. The van der Waals surface area contributed by atoms with Crippen LogP contribution in [-0.4, -0.2) is 38.7 Å². The molecule has 4 rings (SSSR count). The molecule has 1 atom stereocenters. The quantitative estimate of drug-likeness (QED) is 0.460. The Hall–Kier alpha value is -2.60. The van der Waals surface area contributed by atoms with Crippen LogP contribution in [0.2, 0.25) is 0 Å². The third-order valence-electron chi connectivity index (χ3n) is 5.66. The van der Waals surface area contributed by atoms with Crippen LogP contribution in [0.15, 0.2) is 52.4 Å². The lowest BCUT2D eigenvalue weighted by molar-refractivity contribution is -0.131. The van der Waals surface area contributed by atoms with Crippen molar-refractivity contribution in [2.24, 2.45) is 0 Å². The maximum Gasteiger partial charge on any atom is 0.266 e. The number of thioether (sulfide) groups is 1. The maximum atomic E-state index is 13.4. The van der Waals surface area contributed by atoms with Gasteiger partial charge in [-0.15, -0.1) is 0 Å². The fourth-order valence-corrected chi connectivity index (χ4v) is 5.09. The molecule has 1 aliphatic rings. The van der Waals surface area contributed by atoms with Crippen molar-refractivity contribution in [3.05, 3.63) is 63.9 Å². The Labute approximate surface area is 181 Å². The molecule has 30 heavy (non-hydrogen) atoms. The normalized spacial score (nSPS) is 16.8. The van der Waals surface area contributed by atoms with Gasteiger partial charge < -0.3 is 4.90 Å². The predicted molar refractivity (Wildman–Crippen MR) is 123 cm³/mol. The molecule has 1 unspecified atom stereocenters. The number of nitrogens with zero attached hydrogens (tertiary/aromatic N) is 3. The number of rotatable bonds is 4. The largest absolute Gasteiger partial charge is 0.339 e. The lowest BCUT2D eigenvalue weighted by atomic mass is 10.0. The summed E-state index contributed by atoms with van der Waals surface area (Å²) in [6.07, 6.45) is 3.29. The summed E-state index contributed by atoms with van der Waals surface area (Å²) >= 11 is 1.35. The van der Waals surface area contributed by atoms with E-state index in [0.717, 1.165) is 36.2 Å². The van der Waals surface area contributed by atoms with Gasteiger partial charge in [0.2, 0.25) is 5.91 Å². The summed E-state index contributed by atoms with van der Waals surface area (Å²) in [5.41, 5.74) is 3.51. The number of benzene rings is 2. The van der Waals surface area contributed by atoms with Gasteiger partial charge in [-0.2, -0.15) is 0 Å². The van der Waals surface area contributed by atoms with Crippen molar-refractivity contribution in [2.45, 2.75) is 51.2 Å². The number of likely N-dealkylation sites (tertiary alicyclic amines) is 1. The fourth-order valence-electron chi connectivity index (χ4n) is 4.19. The molecule has 2 aromatic carbocycles. The molecule has 5 nitrogen and oxygen atoms in total. The number of aryl methyl sites for hydroxylation is 2. The predicted octanol–water partition coefficient (Wildman–Crippen LogP) is 4.50. The molecule has 0 aliphatic carbocycles. The van der Waals surface area contributed by atoms with Gasteiger partial charge >= 0.3 is 0 Å². The Balaban J connectivity index is 1.74. The van der Waals surface area contributed by atoms with Crippen molar-refractivity contribution < 1.29 is 4.79 Å². The average molecular weight is 422 g/mol. The van der Waals surface area contributed by atoms with Crippen LogP contribution in [0.5, 0.6) is 0 Å². The molecular formula is C24H27N3O2S. The van der Waals surface area contributed by atoms with E-state index in [0.29, 0.717) is 16.1 Å². The van der Waals surface area contributed by atoms with Gasteiger partial charge in [-0.25, -0.2) is 4.98 Å². The second-order valence-corrected chi connectivity index (χ2v) is 9.06. The maximum absolute atomic E-state index is 13.4. The van der Waals surface area contributed by atoms with Crippen molar-refractivity contribution in [1.82, 2.24) is 14.5 Å². The van der Waals surface area contributed by atoms with Gasteiger partial charge in [0.1, 0.15) is 0 Å². The van der Waals surface area contributed by atoms with E-state index in [4.69, 9.17) is 4.98 Å². The summed E-state index contributed by atoms with van der Waals surface area (Å²) in [5.74, 6) is 0.390. The highest BCUT2D eigenvalue weighted by Gasteiger charge is 2.24. The Morgan fingerprint density at radius 3 is 2.60 bits per heavy atom. The molecule has 0 bridgehead atoms. The smallest absolute Gasteiger partial charge is 0.266 e. The minimum Gasteiger partial charge on any atom is -0.339 e. The average Bonchev–Trinajstić information content (AvgIpc) is 2.71. The molecule has 0 saturated carbocycles. The van der Waals surface area contributed by atoms with Crippen LogP contribution in [0.25, 0.3) is 16.6 Å². The van der Waals surface area contributed by atoms with Crippen molar-refractivity contribution in [2.75, 3.05) is 12.3 Å². The van der Waals surface area contributed by atoms with Crippen LogP contribution in [0, 0.1) is 13.8 Å². The van der Waals surface area contributed by atoms with Gasteiger partial charge in [0.15, 0.2) is 5.16 Å². The van der Waals surface area contributed by atoms with E-state index in [1.165, 1.54) is 18.2 Å². The zero-order valence-corrected chi connectivity index (χ0v) is 18.5. The highest BCUT2D eigenvalue weighted by Crippen LogP contribution is 2.24. The second-order valence-electron chi connectivity index (χ2n) is 8.12. The Bertz CT molecular complexity index is 1130. The monoisotopic (exact) mass is 421 g/mol. The van der Waals surface area contributed by atoms with Crippen LogP contribution in [0.3, 0.4) is 0 Å². The summed E-state index contributed by atoms with van der Waals surface area (Å²) in [4.78, 5) is 33.0. The topological polar surface area (TPSA) is 55.2 Å². The van der Waals surface area contributed by atoms with Crippen LogP contribution < -0.4 is 5.56 Å². The summed E-state index contributed by atoms with van der Waals surface area (Å²) in [6.45, 7) is 6.96. The van der Waals surface area contributed by atoms with Crippen LogP contribution in [0.1, 0.15) is 37.3 Å². The number of hydrogen-bond acceptors (Lipinski definition) is 4. The molecule has 3 aromatic rings. The lowest BCUT2D eigenvalue weighted by Gasteiger charge is -2.33. The SMILES string of the molecule is Cc1cc(C)cc(-n2c(SCC(=O)N3CCCCC3C)nc3ccccc3c2=O)c1. The Morgan fingerprint density at radius 2 is 1.87 bits per heavy atom. The van der Waals surface area contributed by atoms with Gasteiger partial charge in [0.25, 0.3) is 5.56 Å². The minimum atomic E-state index is -0.105. The lowest BCUT2D eigenvalue weighted by Crippen LogP contribution is -2.43. The molecule has 1 aliphatic heterocycles. The summed E-state index contributed by atoms with van der Waals surface area (Å²) in [5, 5.41) is 1.14. The molecule has 1 aromatic heterocycles. The molecule has 1 fully saturated rings. The van der Waals surface area contributed by atoms with E-state index in [-0.39, 0.29) is 23.3 Å². The minimum absolute atomic E-state index is 0.105. The zero-order valence-electron chi connectivity index (χ0n) is 17.7. The second kappa shape index (κ2) is 8.64. The fraction of sp³-hybridized carbons (Fsp3) is 0.375. The molecule has 6 heteroatoms. The number of aromatic nitrogens is 2. The first-order valence-electron chi connectivity index (χ1n) is 10.5. The first-order valence-corrected chi connectivity index (χ1v) is 11.5. The highest BCUT2D eigenvalue weighted by atomic mass is 32.2. The van der Waals surface area contributed by atoms with Gasteiger partial charge in [0, 0.05) is 12.6 Å². The van der Waals surface area contributed by atoms with E-state index in [1.807, 2.05) is 49.1 Å². The van der Waals surface area contributed by atoms with Gasteiger partial charge in [-0.1, -0.05) is 30.0 Å². The summed E-state index contributed by atoms with van der Waals surface area (Å²) in [6, 6.07) is 13.7. The zero-order chi connectivity index (χ0) is 21.3. The number of para-hydroxylation sites is 1. The number of piperidine rings is 1. The first-order chi connectivity index (χ1) is 14.4. The number of hydrogen-bond donors (Lipinski definition) is 0. The molecular weight excluding hydrogens is 394 g/mol. The molecule has 0 spiro atoms. The molecule has 1 saturated heterocycles. The van der Waals surface area contributed by atoms with Crippen molar-refractivity contribution >= 4 is 28.6 Å². The third kappa shape index (κ3) is 4.15. The van der Waals surface area contributed by atoms with E-state index in [2.05, 4.69) is 13.0 Å².